The molecule has 0 aliphatic heterocycles. The number of aromatic hydroxyl groups is 1. The molecule has 0 aromatic heterocycles. The molecular formula is C18H28O2. The lowest BCUT2D eigenvalue weighted by atomic mass is 9.98. The number of phenols is 1. The van der Waals surface area contributed by atoms with Crippen LogP contribution in [0, 0.1) is 13.8 Å². The number of ketones is 1. The molecule has 0 saturated carbocycles. The van der Waals surface area contributed by atoms with Crippen LogP contribution in [0.3, 0.4) is 0 Å². The van der Waals surface area contributed by atoms with Crippen molar-refractivity contribution in [1.29, 1.82) is 0 Å². The first-order chi connectivity index (χ1) is 9.56. The van der Waals surface area contributed by atoms with Crippen molar-refractivity contribution in [3.05, 3.63) is 28.8 Å². The van der Waals surface area contributed by atoms with Crippen molar-refractivity contribution in [2.24, 2.45) is 0 Å². The predicted molar refractivity (Wildman–Crippen MR) is 84.5 cm³/mol. The molecule has 1 aromatic rings. The van der Waals surface area contributed by atoms with Crippen LogP contribution < -0.4 is 0 Å². The minimum absolute atomic E-state index is 0.0687. The van der Waals surface area contributed by atoms with Crippen LogP contribution in [0.25, 0.3) is 0 Å². The highest BCUT2D eigenvalue weighted by Gasteiger charge is 2.12. The Labute approximate surface area is 123 Å². The van der Waals surface area contributed by atoms with Crippen LogP contribution in [0.15, 0.2) is 12.1 Å². The van der Waals surface area contributed by atoms with Gasteiger partial charge in [-0.05, 0) is 43.5 Å². The fourth-order valence-electron chi connectivity index (χ4n) is 2.40. The Kier molecular flexibility index (Phi) is 7.35. The fraction of sp³-hybridized carbons (Fsp3) is 0.611. The van der Waals surface area contributed by atoms with E-state index in [9.17, 15) is 9.90 Å². The van der Waals surface area contributed by atoms with Gasteiger partial charge in [0.1, 0.15) is 5.75 Å². The maximum Gasteiger partial charge on any atom is 0.166 e. The zero-order chi connectivity index (χ0) is 15.0. The Morgan fingerprint density at radius 2 is 1.50 bits per heavy atom. The number of Topliss-reactive ketones (excluding diaryl/α,β-unsaturated/α-hetero) is 1. The standard InChI is InChI=1S/C18H28O2/c1-4-5-6-7-8-9-10-11-17(19)16-12-14(2)15(3)13-18(16)20/h12-13,20H,4-11H2,1-3H3. The van der Waals surface area contributed by atoms with Crippen molar-refractivity contribution < 1.29 is 9.90 Å². The first-order valence-electron chi connectivity index (χ1n) is 7.89. The Balaban J connectivity index is 2.34. The average molecular weight is 276 g/mol. The number of hydrogen-bond acceptors (Lipinski definition) is 2. The largest absolute Gasteiger partial charge is 0.507 e. The van der Waals surface area contributed by atoms with E-state index in [0.29, 0.717) is 12.0 Å². The SMILES string of the molecule is CCCCCCCCCC(=O)c1cc(C)c(C)cc1O. The van der Waals surface area contributed by atoms with Gasteiger partial charge in [-0.2, -0.15) is 0 Å². The van der Waals surface area contributed by atoms with Crippen LogP contribution in [0.4, 0.5) is 0 Å². The van der Waals surface area contributed by atoms with Crippen LogP contribution in [0.2, 0.25) is 0 Å². The number of carbonyl (C=O) groups is 1. The molecule has 0 radical (unpaired) electrons. The van der Waals surface area contributed by atoms with Gasteiger partial charge in [-0.3, -0.25) is 4.79 Å². The molecule has 1 aromatic carbocycles. The molecule has 2 nitrogen and oxygen atoms in total. The molecule has 112 valence electrons. The summed E-state index contributed by atoms with van der Waals surface area (Å²) in [6.45, 7) is 6.13. The molecule has 0 atom stereocenters. The molecule has 20 heavy (non-hydrogen) atoms. The second-order valence-electron chi connectivity index (χ2n) is 5.75. The van der Waals surface area contributed by atoms with Gasteiger partial charge in [0.2, 0.25) is 0 Å². The maximum atomic E-state index is 12.1. The van der Waals surface area contributed by atoms with E-state index in [0.717, 1.165) is 24.0 Å². The van der Waals surface area contributed by atoms with Gasteiger partial charge in [0.05, 0.1) is 5.56 Å². The minimum Gasteiger partial charge on any atom is -0.507 e. The van der Waals surface area contributed by atoms with Gasteiger partial charge >= 0.3 is 0 Å². The second kappa shape index (κ2) is 8.78. The Morgan fingerprint density at radius 3 is 2.15 bits per heavy atom. The Hall–Kier alpha value is -1.31. The average Bonchev–Trinajstić information content (AvgIpc) is 2.41. The number of unbranched alkanes of at least 4 members (excludes halogenated alkanes) is 6. The van der Waals surface area contributed by atoms with Gasteiger partial charge in [0.15, 0.2) is 5.78 Å². The normalized spacial score (nSPS) is 10.8. The predicted octanol–water partition coefficient (Wildman–Crippen LogP) is 5.33. The van der Waals surface area contributed by atoms with Gasteiger partial charge in [-0.15, -0.1) is 0 Å². The molecule has 0 heterocycles. The highest BCUT2D eigenvalue weighted by atomic mass is 16.3. The van der Waals surface area contributed by atoms with E-state index < -0.39 is 0 Å². The van der Waals surface area contributed by atoms with Crippen LogP contribution in [0.5, 0.6) is 5.75 Å². The molecular weight excluding hydrogens is 248 g/mol. The topological polar surface area (TPSA) is 37.3 Å². The summed E-state index contributed by atoms with van der Waals surface area (Å²) in [5.74, 6) is 0.195. The maximum absolute atomic E-state index is 12.1. The number of hydrogen-bond donors (Lipinski definition) is 1. The molecule has 0 fully saturated rings. The molecule has 0 unspecified atom stereocenters. The van der Waals surface area contributed by atoms with Gasteiger partial charge in [-0.25, -0.2) is 0 Å². The Morgan fingerprint density at radius 1 is 0.950 bits per heavy atom. The molecule has 0 aliphatic carbocycles. The van der Waals surface area contributed by atoms with Crippen molar-refractivity contribution >= 4 is 5.78 Å². The third-order valence-corrected chi connectivity index (χ3v) is 3.92. The van der Waals surface area contributed by atoms with E-state index in [1.807, 2.05) is 19.9 Å². The molecule has 2 heteroatoms. The lowest BCUT2D eigenvalue weighted by Crippen LogP contribution is -2.01. The van der Waals surface area contributed by atoms with Gasteiger partial charge in [0, 0.05) is 6.42 Å². The number of carbonyl (C=O) groups excluding carboxylic acids is 1. The quantitative estimate of drug-likeness (QED) is 0.488. The summed E-state index contributed by atoms with van der Waals surface area (Å²) >= 11 is 0. The lowest BCUT2D eigenvalue weighted by molar-refractivity contribution is 0.0976. The first-order valence-corrected chi connectivity index (χ1v) is 7.89. The number of aryl methyl sites for hydroxylation is 2. The summed E-state index contributed by atoms with van der Waals surface area (Å²) in [6, 6.07) is 3.50. The van der Waals surface area contributed by atoms with Crippen LogP contribution >= 0.6 is 0 Å². The molecule has 1 rings (SSSR count). The van der Waals surface area contributed by atoms with E-state index in [2.05, 4.69) is 6.92 Å². The summed E-state index contributed by atoms with van der Waals surface area (Å²) in [6.07, 6.45) is 8.97. The second-order valence-corrected chi connectivity index (χ2v) is 5.75. The van der Waals surface area contributed by atoms with Crippen molar-refractivity contribution in [2.45, 2.75) is 72.1 Å². The smallest absolute Gasteiger partial charge is 0.166 e. The van der Waals surface area contributed by atoms with E-state index in [1.165, 1.54) is 32.1 Å². The zero-order valence-electron chi connectivity index (χ0n) is 13.2. The van der Waals surface area contributed by atoms with Crippen molar-refractivity contribution in [3.8, 4) is 5.75 Å². The van der Waals surface area contributed by atoms with Crippen LogP contribution in [-0.2, 0) is 0 Å². The van der Waals surface area contributed by atoms with Crippen molar-refractivity contribution in [3.63, 3.8) is 0 Å². The summed E-state index contributed by atoms with van der Waals surface area (Å²) in [7, 11) is 0. The highest BCUT2D eigenvalue weighted by Crippen LogP contribution is 2.24. The molecule has 1 N–H and O–H groups in total. The lowest BCUT2D eigenvalue weighted by Gasteiger charge is -2.08. The third-order valence-electron chi connectivity index (χ3n) is 3.92. The van der Waals surface area contributed by atoms with Crippen LogP contribution in [-0.4, -0.2) is 10.9 Å². The number of rotatable bonds is 9. The van der Waals surface area contributed by atoms with E-state index in [-0.39, 0.29) is 11.5 Å². The molecule has 0 saturated heterocycles. The van der Waals surface area contributed by atoms with E-state index >= 15 is 0 Å². The zero-order valence-corrected chi connectivity index (χ0v) is 13.2. The third kappa shape index (κ3) is 5.36. The van der Waals surface area contributed by atoms with Gasteiger partial charge < -0.3 is 5.11 Å². The molecule has 0 amide bonds. The summed E-state index contributed by atoms with van der Waals surface area (Å²) < 4.78 is 0. The molecule has 0 bridgehead atoms. The number of phenolic OH excluding ortho intramolecular Hbond substituents is 1. The Bertz CT molecular complexity index is 435. The highest BCUT2D eigenvalue weighted by molar-refractivity contribution is 5.98. The van der Waals surface area contributed by atoms with E-state index in [4.69, 9.17) is 0 Å². The van der Waals surface area contributed by atoms with Gasteiger partial charge in [-0.1, -0.05) is 45.4 Å². The minimum atomic E-state index is 0.0687. The van der Waals surface area contributed by atoms with Crippen LogP contribution in [0.1, 0.15) is 79.8 Å². The number of benzene rings is 1. The summed E-state index contributed by atoms with van der Waals surface area (Å²) in [4.78, 5) is 12.1. The monoisotopic (exact) mass is 276 g/mol. The summed E-state index contributed by atoms with van der Waals surface area (Å²) in [5, 5.41) is 9.87. The van der Waals surface area contributed by atoms with Crippen molar-refractivity contribution in [1.82, 2.24) is 0 Å². The van der Waals surface area contributed by atoms with Crippen molar-refractivity contribution in [2.75, 3.05) is 0 Å². The first kappa shape index (κ1) is 16.7. The van der Waals surface area contributed by atoms with E-state index in [1.54, 1.807) is 6.07 Å². The fourth-order valence-corrected chi connectivity index (χ4v) is 2.40. The molecule has 0 aliphatic rings. The summed E-state index contributed by atoms with van der Waals surface area (Å²) in [5.41, 5.74) is 2.57. The molecule has 0 spiro atoms. The van der Waals surface area contributed by atoms with Gasteiger partial charge in [0.25, 0.3) is 0 Å².